The average Bonchev–Trinajstić information content (AvgIpc) is 3.60. The summed E-state index contributed by atoms with van der Waals surface area (Å²) in [5.74, 6) is 1.75. The second kappa shape index (κ2) is 12.3. The zero-order valence-corrected chi connectivity index (χ0v) is 26.5. The predicted molar refractivity (Wildman–Crippen MR) is 178 cm³/mol. The van der Waals surface area contributed by atoms with Crippen LogP contribution < -0.4 is 10.2 Å². The first kappa shape index (κ1) is 29.6. The Balaban J connectivity index is 1.06. The zero-order chi connectivity index (χ0) is 30.8. The molecule has 6 rings (SSSR count). The second-order valence-electron chi connectivity index (χ2n) is 13.0. The summed E-state index contributed by atoms with van der Waals surface area (Å²) in [6.07, 6.45) is 2.02. The van der Waals surface area contributed by atoms with E-state index >= 15 is 0 Å². The van der Waals surface area contributed by atoms with Crippen LogP contribution in [0.15, 0.2) is 79.0 Å². The predicted octanol–water partition coefficient (Wildman–Crippen LogP) is 6.23. The van der Waals surface area contributed by atoms with E-state index in [0.717, 1.165) is 72.2 Å². The maximum atomic E-state index is 12.8. The Morgan fingerprint density at radius 2 is 1.66 bits per heavy atom. The number of anilines is 1. The van der Waals surface area contributed by atoms with Gasteiger partial charge in [0.05, 0.1) is 22.9 Å². The molecule has 2 aromatic heterocycles. The Morgan fingerprint density at radius 1 is 0.932 bits per heavy atom. The maximum Gasteiger partial charge on any atom is 0.240 e. The molecule has 1 atom stereocenters. The topological polar surface area (TPSA) is 82.1 Å². The van der Waals surface area contributed by atoms with Crippen LogP contribution in [0.1, 0.15) is 56.4 Å². The van der Waals surface area contributed by atoms with Gasteiger partial charge in [-0.25, -0.2) is 9.97 Å². The Hall–Kier alpha value is -4.43. The molecule has 0 aliphatic carbocycles. The maximum absolute atomic E-state index is 12.8. The van der Waals surface area contributed by atoms with E-state index in [1.54, 1.807) is 0 Å². The van der Waals surface area contributed by atoms with Crippen LogP contribution in [0, 0.1) is 6.92 Å². The summed E-state index contributed by atoms with van der Waals surface area (Å²) in [4.78, 5) is 31.0. The second-order valence-corrected chi connectivity index (χ2v) is 13.0. The number of imidazole rings is 2. The van der Waals surface area contributed by atoms with Crippen LogP contribution in [-0.4, -0.2) is 56.5 Å². The fraction of sp³-hybridized carbons (Fsp3) is 0.361. The molecule has 228 valence electrons. The van der Waals surface area contributed by atoms with E-state index in [1.165, 1.54) is 11.3 Å². The highest BCUT2D eigenvalue weighted by Gasteiger charge is 2.22. The van der Waals surface area contributed by atoms with Crippen LogP contribution in [0.4, 0.5) is 5.69 Å². The number of H-pyrrole nitrogens is 1. The SMILES string of the molecule is Cc1nc(CN2CCN(c3cccc4[nH]c(-c5ccc(C(C)(C)C)cc5)nc34)CC2)cn1CC(=O)NC(C)c1ccccc1. The third kappa shape index (κ3) is 6.55. The van der Waals surface area contributed by atoms with Gasteiger partial charge in [0, 0.05) is 44.5 Å². The van der Waals surface area contributed by atoms with Gasteiger partial charge in [0.2, 0.25) is 5.91 Å². The van der Waals surface area contributed by atoms with E-state index < -0.39 is 0 Å². The van der Waals surface area contributed by atoms with Gasteiger partial charge in [-0.1, -0.05) is 81.4 Å². The van der Waals surface area contributed by atoms with Gasteiger partial charge in [0.1, 0.15) is 23.7 Å². The molecule has 1 fully saturated rings. The van der Waals surface area contributed by atoms with Crippen molar-refractivity contribution >= 4 is 22.6 Å². The number of nitrogens with one attached hydrogen (secondary N) is 2. The highest BCUT2D eigenvalue weighted by Crippen LogP contribution is 2.30. The van der Waals surface area contributed by atoms with E-state index in [2.05, 4.69) is 83.3 Å². The monoisotopic (exact) mass is 589 g/mol. The fourth-order valence-electron chi connectivity index (χ4n) is 5.99. The van der Waals surface area contributed by atoms with E-state index in [0.29, 0.717) is 0 Å². The molecule has 1 unspecified atom stereocenters. The number of rotatable bonds is 8. The molecule has 1 saturated heterocycles. The molecule has 5 aromatic rings. The molecule has 1 aliphatic heterocycles. The van der Waals surface area contributed by atoms with Gasteiger partial charge in [-0.05, 0) is 42.5 Å². The molecular formula is C36H43N7O. The largest absolute Gasteiger partial charge is 0.367 e. The van der Waals surface area contributed by atoms with Crippen molar-refractivity contribution in [3.8, 4) is 11.4 Å². The van der Waals surface area contributed by atoms with Crippen molar-refractivity contribution in [3.05, 3.63) is 102 Å². The first-order valence-corrected chi connectivity index (χ1v) is 15.6. The number of para-hydroxylation sites is 1. The Labute approximate surface area is 260 Å². The number of benzene rings is 3. The summed E-state index contributed by atoms with van der Waals surface area (Å²) in [5, 5.41) is 3.10. The molecule has 1 amide bonds. The van der Waals surface area contributed by atoms with Crippen LogP contribution in [-0.2, 0) is 23.3 Å². The van der Waals surface area contributed by atoms with Crippen molar-refractivity contribution in [1.29, 1.82) is 0 Å². The van der Waals surface area contributed by atoms with E-state index in [4.69, 9.17) is 9.97 Å². The quantitative estimate of drug-likeness (QED) is 0.224. The average molecular weight is 590 g/mol. The van der Waals surface area contributed by atoms with Gasteiger partial charge < -0.3 is 19.8 Å². The Kier molecular flexibility index (Phi) is 8.27. The number of fused-ring (bicyclic) bond motifs is 1. The van der Waals surface area contributed by atoms with E-state index in [-0.39, 0.29) is 23.9 Å². The van der Waals surface area contributed by atoms with Crippen molar-refractivity contribution < 1.29 is 4.79 Å². The number of carbonyl (C=O) groups excluding carboxylic acids is 1. The number of hydrogen-bond donors (Lipinski definition) is 2. The first-order valence-electron chi connectivity index (χ1n) is 15.6. The van der Waals surface area contributed by atoms with Crippen LogP contribution in [0.2, 0.25) is 0 Å². The standard InChI is InChI=1S/C36H43N7O/c1-25(27-10-7-6-8-11-27)37-33(44)24-43-23-30(38-26(43)2)22-41-18-20-42(21-19-41)32-13-9-12-31-34(32)40-35(39-31)28-14-16-29(17-15-28)36(3,4)5/h6-17,23,25H,18-22,24H2,1-5H3,(H,37,44)(H,39,40). The number of carbonyl (C=O) groups is 1. The third-order valence-electron chi connectivity index (χ3n) is 8.63. The molecule has 0 spiro atoms. The minimum atomic E-state index is -0.0396. The lowest BCUT2D eigenvalue weighted by Crippen LogP contribution is -2.46. The molecule has 0 bridgehead atoms. The van der Waals surface area contributed by atoms with Crippen LogP contribution in [0.3, 0.4) is 0 Å². The number of nitrogens with zero attached hydrogens (tertiary/aromatic N) is 5. The van der Waals surface area contributed by atoms with Crippen molar-refractivity contribution in [3.63, 3.8) is 0 Å². The molecule has 3 aromatic carbocycles. The summed E-state index contributed by atoms with van der Waals surface area (Å²) >= 11 is 0. The van der Waals surface area contributed by atoms with Gasteiger partial charge >= 0.3 is 0 Å². The van der Waals surface area contributed by atoms with Crippen LogP contribution in [0.5, 0.6) is 0 Å². The van der Waals surface area contributed by atoms with Crippen molar-refractivity contribution in [1.82, 2.24) is 29.7 Å². The normalized spacial score (nSPS) is 15.1. The smallest absolute Gasteiger partial charge is 0.240 e. The highest BCUT2D eigenvalue weighted by molar-refractivity contribution is 5.91. The summed E-state index contributed by atoms with van der Waals surface area (Å²) < 4.78 is 1.95. The molecule has 2 N–H and O–H groups in total. The molecule has 0 radical (unpaired) electrons. The summed E-state index contributed by atoms with van der Waals surface area (Å²) in [5.41, 5.74) is 7.88. The van der Waals surface area contributed by atoms with Gasteiger partial charge in [-0.3, -0.25) is 9.69 Å². The Bertz CT molecular complexity index is 1720. The highest BCUT2D eigenvalue weighted by atomic mass is 16.2. The molecule has 8 heteroatoms. The van der Waals surface area contributed by atoms with Gasteiger partial charge in [0.15, 0.2) is 0 Å². The molecular weight excluding hydrogens is 546 g/mol. The summed E-state index contributed by atoms with van der Waals surface area (Å²) in [7, 11) is 0. The van der Waals surface area contributed by atoms with Gasteiger partial charge in [-0.2, -0.15) is 0 Å². The number of aryl methyl sites for hydroxylation is 1. The lowest BCUT2D eigenvalue weighted by atomic mass is 9.87. The van der Waals surface area contributed by atoms with Gasteiger partial charge in [0.25, 0.3) is 0 Å². The van der Waals surface area contributed by atoms with Crippen LogP contribution in [0.25, 0.3) is 22.4 Å². The van der Waals surface area contributed by atoms with E-state index in [9.17, 15) is 4.79 Å². The number of amides is 1. The minimum absolute atomic E-state index is 0.0142. The molecule has 8 nitrogen and oxygen atoms in total. The lowest BCUT2D eigenvalue weighted by molar-refractivity contribution is -0.122. The summed E-state index contributed by atoms with van der Waals surface area (Å²) in [6, 6.07) is 25.1. The number of aromatic nitrogens is 4. The first-order chi connectivity index (χ1) is 21.1. The fourth-order valence-corrected chi connectivity index (χ4v) is 5.99. The Morgan fingerprint density at radius 3 is 2.36 bits per heavy atom. The number of piperazine rings is 1. The van der Waals surface area contributed by atoms with Crippen molar-refractivity contribution in [2.75, 3.05) is 31.1 Å². The zero-order valence-electron chi connectivity index (χ0n) is 26.5. The van der Waals surface area contributed by atoms with Crippen molar-refractivity contribution in [2.45, 2.75) is 59.2 Å². The summed E-state index contributed by atoms with van der Waals surface area (Å²) in [6.45, 7) is 15.4. The van der Waals surface area contributed by atoms with Crippen LogP contribution >= 0.6 is 0 Å². The minimum Gasteiger partial charge on any atom is -0.367 e. The van der Waals surface area contributed by atoms with Crippen molar-refractivity contribution in [2.24, 2.45) is 0 Å². The number of hydrogen-bond acceptors (Lipinski definition) is 5. The number of aromatic amines is 1. The molecule has 0 saturated carbocycles. The molecule has 3 heterocycles. The molecule has 1 aliphatic rings. The van der Waals surface area contributed by atoms with Gasteiger partial charge in [-0.15, -0.1) is 0 Å². The van der Waals surface area contributed by atoms with E-state index in [1.807, 2.05) is 54.9 Å². The third-order valence-corrected chi connectivity index (χ3v) is 8.63. The lowest BCUT2D eigenvalue weighted by Gasteiger charge is -2.35. The molecule has 44 heavy (non-hydrogen) atoms.